The van der Waals surface area contributed by atoms with Gasteiger partial charge in [-0.3, -0.25) is 0 Å². The standard InChI is InChI=1S/C16H21N3O/c1-19-10-12-5-3-6-13(11-19)16(12,20-2)15-8-4-7-14(9-17)18-15/h4,7-8,12-13H,3,5-6,10-11H2,1-2H3/t12-,13+,16?. The lowest BCUT2D eigenvalue weighted by atomic mass is 9.63. The number of likely N-dealkylation sites (tertiary alicyclic amines) is 1. The minimum atomic E-state index is -0.308. The number of hydrogen-bond acceptors (Lipinski definition) is 4. The Morgan fingerprint density at radius 3 is 2.65 bits per heavy atom. The van der Waals surface area contributed by atoms with E-state index < -0.39 is 0 Å². The van der Waals surface area contributed by atoms with Crippen molar-refractivity contribution in [3.05, 3.63) is 29.6 Å². The summed E-state index contributed by atoms with van der Waals surface area (Å²) in [5.41, 5.74) is 1.12. The molecule has 2 bridgehead atoms. The lowest BCUT2D eigenvalue weighted by molar-refractivity contribution is -0.168. The molecule has 1 aliphatic carbocycles. The molecule has 1 aliphatic heterocycles. The monoisotopic (exact) mass is 271 g/mol. The summed E-state index contributed by atoms with van der Waals surface area (Å²) in [5.74, 6) is 0.929. The number of ether oxygens (including phenoxy) is 1. The summed E-state index contributed by atoms with van der Waals surface area (Å²) in [6.07, 6.45) is 3.62. The van der Waals surface area contributed by atoms with Crippen LogP contribution in [0.2, 0.25) is 0 Å². The molecule has 106 valence electrons. The van der Waals surface area contributed by atoms with Crippen molar-refractivity contribution < 1.29 is 4.74 Å². The van der Waals surface area contributed by atoms with Crippen LogP contribution in [0.1, 0.15) is 30.7 Å². The Labute approximate surface area is 120 Å². The number of nitrogens with zero attached hydrogens (tertiary/aromatic N) is 3. The van der Waals surface area contributed by atoms with E-state index in [0.717, 1.165) is 18.8 Å². The lowest BCUT2D eigenvalue weighted by Crippen LogP contribution is -2.58. The van der Waals surface area contributed by atoms with Crippen molar-refractivity contribution in [3.8, 4) is 6.07 Å². The molecule has 3 rings (SSSR count). The van der Waals surface area contributed by atoms with Crippen molar-refractivity contribution in [2.45, 2.75) is 24.9 Å². The number of nitriles is 1. The maximum absolute atomic E-state index is 9.10. The molecule has 1 unspecified atom stereocenters. The summed E-state index contributed by atoms with van der Waals surface area (Å²) in [4.78, 5) is 6.96. The molecule has 4 heteroatoms. The second-order valence-corrected chi connectivity index (χ2v) is 6.06. The summed E-state index contributed by atoms with van der Waals surface area (Å²) >= 11 is 0. The van der Waals surface area contributed by atoms with Crippen LogP contribution < -0.4 is 0 Å². The van der Waals surface area contributed by atoms with Crippen LogP contribution in [-0.4, -0.2) is 37.1 Å². The first-order chi connectivity index (χ1) is 9.70. The smallest absolute Gasteiger partial charge is 0.140 e. The largest absolute Gasteiger partial charge is 0.371 e. The number of rotatable bonds is 2. The van der Waals surface area contributed by atoms with Crippen LogP contribution in [0.3, 0.4) is 0 Å². The van der Waals surface area contributed by atoms with Gasteiger partial charge in [-0.2, -0.15) is 5.26 Å². The molecule has 0 N–H and O–H groups in total. The van der Waals surface area contributed by atoms with Crippen molar-refractivity contribution in [2.24, 2.45) is 11.8 Å². The molecule has 1 aromatic rings. The molecule has 0 spiro atoms. The second kappa shape index (κ2) is 5.16. The van der Waals surface area contributed by atoms with Crippen molar-refractivity contribution in [2.75, 3.05) is 27.2 Å². The third-order valence-corrected chi connectivity index (χ3v) is 4.98. The van der Waals surface area contributed by atoms with E-state index in [0.29, 0.717) is 17.5 Å². The molecule has 20 heavy (non-hydrogen) atoms. The Bertz CT molecular complexity index is 523. The van der Waals surface area contributed by atoms with Crippen LogP contribution in [0.5, 0.6) is 0 Å². The number of hydrogen-bond donors (Lipinski definition) is 0. The zero-order valence-electron chi connectivity index (χ0n) is 12.2. The fourth-order valence-corrected chi connectivity index (χ4v) is 4.22. The van der Waals surface area contributed by atoms with Crippen LogP contribution in [0.25, 0.3) is 0 Å². The van der Waals surface area contributed by atoms with Crippen LogP contribution in [-0.2, 0) is 10.3 Å². The summed E-state index contributed by atoms with van der Waals surface area (Å²) in [7, 11) is 3.99. The van der Waals surface area contributed by atoms with Crippen molar-refractivity contribution >= 4 is 0 Å². The van der Waals surface area contributed by atoms with Gasteiger partial charge in [0.1, 0.15) is 17.4 Å². The van der Waals surface area contributed by atoms with Crippen LogP contribution in [0.15, 0.2) is 18.2 Å². The molecule has 3 atom stereocenters. The van der Waals surface area contributed by atoms with E-state index in [2.05, 4.69) is 23.0 Å². The van der Waals surface area contributed by atoms with Gasteiger partial charge in [0.25, 0.3) is 0 Å². The maximum Gasteiger partial charge on any atom is 0.140 e. The molecular formula is C16H21N3O. The van der Waals surface area contributed by atoms with E-state index in [-0.39, 0.29) is 5.60 Å². The van der Waals surface area contributed by atoms with E-state index in [1.807, 2.05) is 12.1 Å². The van der Waals surface area contributed by atoms with Crippen LogP contribution in [0.4, 0.5) is 0 Å². The third-order valence-electron chi connectivity index (χ3n) is 4.98. The molecule has 2 heterocycles. The average molecular weight is 271 g/mol. The summed E-state index contributed by atoms with van der Waals surface area (Å²) in [6, 6.07) is 7.86. The first-order valence-electron chi connectivity index (χ1n) is 7.32. The SMILES string of the molecule is COC1(c2cccc(C#N)n2)[C@@H]2CCC[C@H]1CN(C)C2. The Morgan fingerprint density at radius 1 is 1.35 bits per heavy atom. The van der Waals surface area contributed by atoms with Crippen molar-refractivity contribution in [1.82, 2.24) is 9.88 Å². The van der Waals surface area contributed by atoms with Gasteiger partial charge in [0.05, 0.1) is 5.69 Å². The number of methoxy groups -OCH3 is 1. The van der Waals surface area contributed by atoms with Gasteiger partial charge < -0.3 is 9.64 Å². The Kier molecular flexibility index (Phi) is 3.49. The van der Waals surface area contributed by atoms with E-state index in [1.165, 1.54) is 19.3 Å². The fourth-order valence-electron chi connectivity index (χ4n) is 4.22. The molecule has 0 amide bonds. The van der Waals surface area contributed by atoms with Gasteiger partial charge in [0.15, 0.2) is 0 Å². The number of fused-ring (bicyclic) bond motifs is 2. The molecule has 1 saturated heterocycles. The van der Waals surface area contributed by atoms with E-state index >= 15 is 0 Å². The number of piperidine rings is 1. The number of aromatic nitrogens is 1. The van der Waals surface area contributed by atoms with E-state index in [1.54, 1.807) is 13.2 Å². The molecule has 0 aromatic carbocycles. The zero-order valence-corrected chi connectivity index (χ0v) is 12.2. The Balaban J connectivity index is 2.08. The van der Waals surface area contributed by atoms with Gasteiger partial charge in [-0.25, -0.2) is 4.98 Å². The highest BCUT2D eigenvalue weighted by atomic mass is 16.5. The van der Waals surface area contributed by atoms with Gasteiger partial charge in [0.2, 0.25) is 0 Å². The minimum Gasteiger partial charge on any atom is -0.371 e. The fraction of sp³-hybridized carbons (Fsp3) is 0.625. The summed E-state index contributed by atoms with van der Waals surface area (Å²) in [6.45, 7) is 2.09. The minimum absolute atomic E-state index is 0.308. The molecule has 4 nitrogen and oxygen atoms in total. The van der Waals surface area contributed by atoms with Gasteiger partial charge in [-0.15, -0.1) is 0 Å². The summed E-state index contributed by atoms with van der Waals surface area (Å²) < 4.78 is 6.08. The van der Waals surface area contributed by atoms with Gasteiger partial charge in [-0.05, 0) is 32.0 Å². The Hall–Kier alpha value is -1.44. The normalized spacial score (nSPS) is 33.6. The molecule has 2 fully saturated rings. The Morgan fingerprint density at radius 2 is 2.05 bits per heavy atom. The van der Waals surface area contributed by atoms with E-state index in [9.17, 15) is 0 Å². The highest BCUT2D eigenvalue weighted by Crippen LogP contribution is 2.50. The van der Waals surface area contributed by atoms with Gasteiger partial charge in [0, 0.05) is 32.0 Å². The lowest BCUT2D eigenvalue weighted by Gasteiger charge is -2.54. The maximum atomic E-state index is 9.10. The predicted octanol–water partition coefficient (Wildman–Crippen LogP) is 2.16. The topological polar surface area (TPSA) is 49.1 Å². The van der Waals surface area contributed by atoms with E-state index in [4.69, 9.17) is 10.00 Å². The average Bonchev–Trinajstić information content (AvgIpc) is 2.46. The first-order valence-corrected chi connectivity index (χ1v) is 7.32. The molecule has 2 aliphatic rings. The predicted molar refractivity (Wildman–Crippen MR) is 76.0 cm³/mol. The van der Waals surface area contributed by atoms with Crippen LogP contribution in [0, 0.1) is 23.2 Å². The third kappa shape index (κ3) is 1.93. The first kappa shape index (κ1) is 13.5. The summed E-state index contributed by atoms with van der Waals surface area (Å²) in [5, 5.41) is 9.10. The van der Waals surface area contributed by atoms with Crippen molar-refractivity contribution in [1.29, 1.82) is 5.26 Å². The molecular weight excluding hydrogens is 250 g/mol. The van der Waals surface area contributed by atoms with Gasteiger partial charge >= 0.3 is 0 Å². The molecule has 0 radical (unpaired) electrons. The van der Waals surface area contributed by atoms with Crippen LogP contribution >= 0.6 is 0 Å². The molecule has 1 aromatic heterocycles. The highest BCUT2D eigenvalue weighted by Gasteiger charge is 2.53. The molecule has 1 saturated carbocycles. The zero-order chi connectivity index (χ0) is 14.2. The number of pyridine rings is 1. The van der Waals surface area contributed by atoms with Gasteiger partial charge in [-0.1, -0.05) is 12.5 Å². The second-order valence-electron chi connectivity index (χ2n) is 6.06. The van der Waals surface area contributed by atoms with Crippen molar-refractivity contribution in [3.63, 3.8) is 0 Å². The highest BCUT2D eigenvalue weighted by molar-refractivity contribution is 5.27. The quantitative estimate of drug-likeness (QED) is 0.827.